The number of H-pyrrole nitrogens is 1. The van der Waals surface area contributed by atoms with Crippen LogP contribution in [0.15, 0.2) is 23.3 Å². The second-order valence-corrected chi connectivity index (χ2v) is 11.1. The minimum atomic E-state index is -0.424. The molecule has 1 spiro atoms. The van der Waals surface area contributed by atoms with E-state index in [4.69, 9.17) is 4.98 Å². The molecular formula is C25H34F2N6O. The van der Waals surface area contributed by atoms with Crippen molar-refractivity contribution in [3.05, 3.63) is 35.0 Å². The molecule has 0 unspecified atom stereocenters. The number of carbonyl (C=O) groups excluding carboxylic acids is 1. The lowest BCUT2D eigenvalue weighted by Crippen LogP contribution is -2.66. The summed E-state index contributed by atoms with van der Waals surface area (Å²) >= 11 is 0. The average molecular weight is 473 g/mol. The molecule has 2 saturated carbocycles. The number of carbonyl (C=O) groups is 1. The summed E-state index contributed by atoms with van der Waals surface area (Å²) in [6, 6.07) is 0.128. The van der Waals surface area contributed by atoms with E-state index in [-0.39, 0.29) is 23.7 Å². The third-order valence-corrected chi connectivity index (χ3v) is 8.65. The van der Waals surface area contributed by atoms with Crippen molar-refractivity contribution in [1.29, 1.82) is 0 Å². The Labute approximate surface area is 199 Å². The molecule has 2 aliphatic heterocycles. The number of urea groups is 1. The van der Waals surface area contributed by atoms with Crippen LogP contribution in [0.4, 0.5) is 13.6 Å². The molecule has 0 radical (unpaired) electrons. The summed E-state index contributed by atoms with van der Waals surface area (Å²) in [5.74, 6) is 2.22. The molecule has 6 rings (SSSR count). The predicted octanol–water partition coefficient (Wildman–Crippen LogP) is 4.25. The molecule has 0 aromatic carbocycles. The van der Waals surface area contributed by atoms with Crippen LogP contribution in [0.2, 0.25) is 0 Å². The Morgan fingerprint density at radius 3 is 2.47 bits per heavy atom. The monoisotopic (exact) mass is 472 g/mol. The SMILES string of the molecule is O=C(N1CCN(CC2=C(F)C=C(F)CC2)CC1)N1CC2(CC(c3n[nH]c(C4CCCC4)n3)C2)C1. The summed E-state index contributed by atoms with van der Waals surface area (Å²) in [4.78, 5) is 23.9. The lowest BCUT2D eigenvalue weighted by Gasteiger charge is -2.59. The number of hydrogen-bond acceptors (Lipinski definition) is 4. The summed E-state index contributed by atoms with van der Waals surface area (Å²) in [5.41, 5.74) is 0.927. The largest absolute Gasteiger partial charge is 0.323 e. The molecule has 0 atom stereocenters. The van der Waals surface area contributed by atoms with Gasteiger partial charge in [-0.1, -0.05) is 12.8 Å². The smallest absolute Gasteiger partial charge is 0.320 e. The number of aromatic amines is 1. The van der Waals surface area contributed by atoms with Crippen molar-refractivity contribution in [3.8, 4) is 0 Å². The van der Waals surface area contributed by atoms with E-state index in [1.54, 1.807) is 0 Å². The molecule has 3 heterocycles. The summed E-state index contributed by atoms with van der Waals surface area (Å²) in [7, 11) is 0. The first-order chi connectivity index (χ1) is 16.5. The van der Waals surface area contributed by atoms with Crippen LogP contribution in [0.1, 0.15) is 74.9 Å². The maximum Gasteiger partial charge on any atom is 0.320 e. The summed E-state index contributed by atoms with van der Waals surface area (Å²) < 4.78 is 27.2. The van der Waals surface area contributed by atoms with Crippen molar-refractivity contribution in [2.45, 2.75) is 63.2 Å². The third-order valence-electron chi connectivity index (χ3n) is 8.65. The molecule has 1 N–H and O–H groups in total. The van der Waals surface area contributed by atoms with Crippen molar-refractivity contribution in [2.24, 2.45) is 5.41 Å². The average Bonchev–Trinajstić information content (AvgIpc) is 3.46. The van der Waals surface area contributed by atoms with Gasteiger partial charge < -0.3 is 9.80 Å². The number of halogens is 2. The fourth-order valence-corrected chi connectivity index (χ4v) is 6.60. The molecule has 2 amide bonds. The number of amides is 2. The lowest BCUT2D eigenvalue weighted by atomic mass is 9.57. The van der Waals surface area contributed by atoms with Crippen LogP contribution in [0.5, 0.6) is 0 Å². The van der Waals surface area contributed by atoms with E-state index >= 15 is 0 Å². The zero-order valence-corrected chi connectivity index (χ0v) is 19.7. The van der Waals surface area contributed by atoms with Crippen LogP contribution in [-0.2, 0) is 0 Å². The quantitative estimate of drug-likeness (QED) is 0.712. The van der Waals surface area contributed by atoms with E-state index in [2.05, 4.69) is 15.1 Å². The number of nitrogens with zero attached hydrogens (tertiary/aromatic N) is 5. The molecule has 184 valence electrons. The normalized spacial score (nSPS) is 26.1. The number of rotatable bonds is 4. The summed E-state index contributed by atoms with van der Waals surface area (Å²) in [6.07, 6.45) is 8.92. The predicted molar refractivity (Wildman–Crippen MR) is 124 cm³/mol. The topological polar surface area (TPSA) is 68.4 Å². The number of piperazine rings is 1. The van der Waals surface area contributed by atoms with E-state index < -0.39 is 5.83 Å². The van der Waals surface area contributed by atoms with Crippen molar-refractivity contribution in [3.63, 3.8) is 0 Å². The summed E-state index contributed by atoms with van der Waals surface area (Å²) in [5, 5.41) is 7.70. The van der Waals surface area contributed by atoms with Gasteiger partial charge in [-0.2, -0.15) is 5.10 Å². The van der Waals surface area contributed by atoms with Gasteiger partial charge >= 0.3 is 6.03 Å². The Morgan fingerprint density at radius 2 is 1.76 bits per heavy atom. The van der Waals surface area contributed by atoms with Gasteiger partial charge in [0.2, 0.25) is 0 Å². The van der Waals surface area contributed by atoms with Gasteiger partial charge in [0.15, 0.2) is 5.82 Å². The Morgan fingerprint density at radius 1 is 1.03 bits per heavy atom. The molecule has 1 aromatic rings. The second kappa shape index (κ2) is 8.73. The molecule has 4 fully saturated rings. The minimum absolute atomic E-state index is 0.128. The fourth-order valence-electron chi connectivity index (χ4n) is 6.60. The van der Waals surface area contributed by atoms with E-state index in [1.165, 1.54) is 25.7 Å². The van der Waals surface area contributed by atoms with Crippen LogP contribution in [0.25, 0.3) is 0 Å². The van der Waals surface area contributed by atoms with Gasteiger partial charge in [-0.15, -0.1) is 0 Å². The zero-order valence-electron chi connectivity index (χ0n) is 19.7. The highest BCUT2D eigenvalue weighted by Gasteiger charge is 2.55. The van der Waals surface area contributed by atoms with E-state index in [9.17, 15) is 13.6 Å². The van der Waals surface area contributed by atoms with Crippen molar-refractivity contribution < 1.29 is 13.6 Å². The van der Waals surface area contributed by atoms with Crippen molar-refractivity contribution >= 4 is 6.03 Å². The maximum absolute atomic E-state index is 14.0. The first kappa shape index (κ1) is 22.2. The number of likely N-dealkylation sites (tertiary alicyclic amines) is 1. The Hall–Kier alpha value is -2.29. The van der Waals surface area contributed by atoms with Crippen LogP contribution < -0.4 is 0 Å². The highest BCUT2D eigenvalue weighted by Crippen LogP contribution is 2.55. The minimum Gasteiger partial charge on any atom is -0.323 e. The standard InChI is InChI=1S/C25H34F2N6O/c26-20-6-5-18(21(27)11-20)14-31-7-9-32(10-8-31)24(34)33-15-25(16-33)12-19(13-25)23-28-22(29-30-23)17-3-1-2-4-17/h11,17,19H,1-10,12-16H2,(H,28,29,30). The van der Waals surface area contributed by atoms with E-state index in [0.717, 1.165) is 56.7 Å². The van der Waals surface area contributed by atoms with Crippen molar-refractivity contribution in [1.82, 2.24) is 29.9 Å². The van der Waals surface area contributed by atoms with E-state index in [0.29, 0.717) is 43.5 Å². The molecule has 9 heteroatoms. The van der Waals surface area contributed by atoms with Gasteiger partial charge in [0, 0.05) is 75.6 Å². The third kappa shape index (κ3) is 4.16. The first-order valence-electron chi connectivity index (χ1n) is 12.9. The van der Waals surface area contributed by atoms with Gasteiger partial charge in [-0.3, -0.25) is 10.00 Å². The molecule has 5 aliphatic rings. The van der Waals surface area contributed by atoms with Gasteiger partial charge in [0.1, 0.15) is 17.5 Å². The Bertz CT molecular complexity index is 991. The van der Waals surface area contributed by atoms with Gasteiger partial charge in [0.25, 0.3) is 0 Å². The van der Waals surface area contributed by atoms with Gasteiger partial charge in [0.05, 0.1) is 0 Å². The van der Waals surface area contributed by atoms with Crippen LogP contribution in [0.3, 0.4) is 0 Å². The first-order valence-corrected chi connectivity index (χ1v) is 12.9. The summed E-state index contributed by atoms with van der Waals surface area (Å²) in [6.45, 7) is 4.96. The Kier molecular flexibility index (Phi) is 5.70. The molecule has 7 nitrogen and oxygen atoms in total. The van der Waals surface area contributed by atoms with Gasteiger partial charge in [-0.25, -0.2) is 18.6 Å². The van der Waals surface area contributed by atoms with E-state index in [1.807, 2.05) is 9.80 Å². The number of nitrogens with one attached hydrogen (secondary N) is 1. The molecule has 3 aliphatic carbocycles. The molecular weight excluding hydrogens is 438 g/mol. The number of allylic oxidation sites excluding steroid dienone is 3. The van der Waals surface area contributed by atoms with Crippen molar-refractivity contribution in [2.75, 3.05) is 45.8 Å². The number of hydrogen-bond donors (Lipinski definition) is 1. The van der Waals surface area contributed by atoms with Crippen LogP contribution >= 0.6 is 0 Å². The molecule has 2 saturated heterocycles. The highest BCUT2D eigenvalue weighted by atomic mass is 19.1. The number of aromatic nitrogens is 3. The Balaban J connectivity index is 0.945. The fraction of sp³-hybridized carbons (Fsp3) is 0.720. The van der Waals surface area contributed by atoms with Gasteiger partial charge in [-0.05, 0) is 37.7 Å². The van der Waals surface area contributed by atoms with Crippen LogP contribution in [-0.4, -0.2) is 81.7 Å². The van der Waals surface area contributed by atoms with Crippen LogP contribution in [0, 0.1) is 5.41 Å². The lowest BCUT2D eigenvalue weighted by molar-refractivity contribution is -0.0579. The zero-order chi connectivity index (χ0) is 23.3. The highest BCUT2D eigenvalue weighted by molar-refractivity contribution is 5.76. The second-order valence-electron chi connectivity index (χ2n) is 11.1. The molecule has 34 heavy (non-hydrogen) atoms. The molecule has 0 bridgehead atoms. The maximum atomic E-state index is 14.0. The molecule has 1 aromatic heterocycles.